The van der Waals surface area contributed by atoms with Gasteiger partial charge in [-0.25, -0.2) is 9.37 Å². The normalized spacial score (nSPS) is 11.1. The topological polar surface area (TPSA) is 28.2 Å². The summed E-state index contributed by atoms with van der Waals surface area (Å²) in [5.74, 6) is 0.576. The number of nitrogens with one attached hydrogen (secondary N) is 1. The summed E-state index contributed by atoms with van der Waals surface area (Å²) in [6, 6.07) is 6.10. The monoisotopic (exact) mass is 307 g/mol. The number of nitrogens with zero attached hydrogens (tertiary/aromatic N) is 2. The fraction of sp³-hybridized carbons (Fsp3) is 0.438. The van der Waals surface area contributed by atoms with E-state index in [1.807, 2.05) is 6.07 Å². The van der Waals surface area contributed by atoms with Crippen LogP contribution in [0.15, 0.2) is 29.8 Å². The number of halogens is 1. The van der Waals surface area contributed by atoms with Crippen LogP contribution in [0, 0.1) is 5.82 Å². The molecule has 0 radical (unpaired) electrons. The molecule has 0 spiro atoms. The first-order valence-electron chi connectivity index (χ1n) is 7.25. The number of pyridine rings is 1. The van der Waals surface area contributed by atoms with Crippen molar-refractivity contribution in [1.82, 2.24) is 10.3 Å². The van der Waals surface area contributed by atoms with Gasteiger partial charge in [-0.1, -0.05) is 19.9 Å². The summed E-state index contributed by atoms with van der Waals surface area (Å²) in [4.78, 5) is 7.79. The summed E-state index contributed by atoms with van der Waals surface area (Å²) in [5.41, 5.74) is 0.905. The molecule has 21 heavy (non-hydrogen) atoms. The maximum absolute atomic E-state index is 13.5. The Morgan fingerprint density at radius 2 is 2.24 bits per heavy atom. The molecule has 0 saturated heterocycles. The number of anilines is 1. The standard InChI is InChI=1S/C16H22FN3S/c1-4-20(11-15-6-5-7-21-15)16-13(9-18-12(2)3)8-14(17)10-19-16/h5-8,10,12,18H,4,9,11H2,1-3H3. The van der Waals surface area contributed by atoms with Crippen molar-refractivity contribution in [2.24, 2.45) is 0 Å². The Morgan fingerprint density at radius 1 is 1.43 bits per heavy atom. The van der Waals surface area contributed by atoms with E-state index in [4.69, 9.17) is 0 Å². The lowest BCUT2D eigenvalue weighted by atomic mass is 10.2. The second-order valence-electron chi connectivity index (χ2n) is 5.27. The molecule has 0 fully saturated rings. The third-order valence-electron chi connectivity index (χ3n) is 3.22. The van der Waals surface area contributed by atoms with Crippen LogP contribution in [0.4, 0.5) is 10.2 Å². The van der Waals surface area contributed by atoms with E-state index in [-0.39, 0.29) is 5.82 Å². The van der Waals surface area contributed by atoms with Gasteiger partial charge in [-0.2, -0.15) is 0 Å². The summed E-state index contributed by atoms with van der Waals surface area (Å²) in [6.45, 7) is 8.52. The molecule has 0 atom stereocenters. The van der Waals surface area contributed by atoms with Crippen molar-refractivity contribution < 1.29 is 4.39 Å². The van der Waals surface area contributed by atoms with Crippen molar-refractivity contribution in [3.05, 3.63) is 46.0 Å². The van der Waals surface area contributed by atoms with E-state index in [1.54, 1.807) is 17.4 Å². The van der Waals surface area contributed by atoms with E-state index in [0.29, 0.717) is 12.6 Å². The first-order valence-corrected chi connectivity index (χ1v) is 8.13. The zero-order valence-electron chi connectivity index (χ0n) is 12.8. The van der Waals surface area contributed by atoms with Gasteiger partial charge in [-0.3, -0.25) is 0 Å². The van der Waals surface area contributed by atoms with Crippen LogP contribution in [-0.4, -0.2) is 17.6 Å². The number of thiophene rings is 1. The Kier molecular flexibility index (Phi) is 5.70. The van der Waals surface area contributed by atoms with Gasteiger partial charge in [0.25, 0.3) is 0 Å². The minimum atomic E-state index is -0.286. The van der Waals surface area contributed by atoms with E-state index in [2.05, 4.69) is 47.4 Å². The average molecular weight is 307 g/mol. The summed E-state index contributed by atoms with van der Waals surface area (Å²) in [6.07, 6.45) is 1.30. The molecule has 0 unspecified atom stereocenters. The number of rotatable bonds is 7. The average Bonchev–Trinajstić information content (AvgIpc) is 2.96. The highest BCUT2D eigenvalue weighted by molar-refractivity contribution is 7.09. The Morgan fingerprint density at radius 3 is 2.86 bits per heavy atom. The predicted molar refractivity (Wildman–Crippen MR) is 87.2 cm³/mol. The lowest BCUT2D eigenvalue weighted by Crippen LogP contribution is -2.27. The molecule has 114 valence electrons. The van der Waals surface area contributed by atoms with Crippen LogP contribution < -0.4 is 10.2 Å². The highest BCUT2D eigenvalue weighted by atomic mass is 32.1. The first-order chi connectivity index (χ1) is 10.1. The van der Waals surface area contributed by atoms with Crippen LogP contribution in [0.25, 0.3) is 0 Å². The molecular formula is C16H22FN3S. The van der Waals surface area contributed by atoms with Crippen LogP contribution in [-0.2, 0) is 13.1 Å². The van der Waals surface area contributed by atoms with Gasteiger partial charge < -0.3 is 10.2 Å². The van der Waals surface area contributed by atoms with Crippen molar-refractivity contribution >= 4 is 17.2 Å². The molecule has 3 nitrogen and oxygen atoms in total. The molecule has 2 rings (SSSR count). The number of hydrogen-bond donors (Lipinski definition) is 1. The van der Waals surface area contributed by atoms with Crippen LogP contribution in [0.5, 0.6) is 0 Å². The third-order valence-corrected chi connectivity index (χ3v) is 4.08. The zero-order valence-corrected chi connectivity index (χ0v) is 13.6. The van der Waals surface area contributed by atoms with Crippen molar-refractivity contribution in [2.75, 3.05) is 11.4 Å². The van der Waals surface area contributed by atoms with Crippen molar-refractivity contribution in [2.45, 2.75) is 39.9 Å². The molecule has 0 bridgehead atoms. The first kappa shape index (κ1) is 15.9. The van der Waals surface area contributed by atoms with Crippen LogP contribution in [0.1, 0.15) is 31.2 Å². The van der Waals surface area contributed by atoms with E-state index in [0.717, 1.165) is 24.5 Å². The lowest BCUT2D eigenvalue weighted by molar-refractivity contribution is 0.576. The van der Waals surface area contributed by atoms with Gasteiger partial charge in [-0.05, 0) is 24.4 Å². The highest BCUT2D eigenvalue weighted by Gasteiger charge is 2.14. The van der Waals surface area contributed by atoms with Gasteiger partial charge in [0.2, 0.25) is 0 Å². The van der Waals surface area contributed by atoms with E-state index in [9.17, 15) is 4.39 Å². The Labute approximate surface area is 129 Å². The SMILES string of the molecule is CCN(Cc1cccs1)c1ncc(F)cc1CNC(C)C. The molecule has 0 aliphatic carbocycles. The van der Waals surface area contributed by atoms with Gasteiger partial charge >= 0.3 is 0 Å². The maximum Gasteiger partial charge on any atom is 0.141 e. The molecule has 0 aliphatic heterocycles. The second kappa shape index (κ2) is 7.52. The number of aromatic nitrogens is 1. The van der Waals surface area contributed by atoms with Crippen LogP contribution in [0.2, 0.25) is 0 Å². The van der Waals surface area contributed by atoms with Crippen molar-refractivity contribution in [1.29, 1.82) is 0 Å². The molecule has 2 aromatic rings. The smallest absolute Gasteiger partial charge is 0.141 e. The highest BCUT2D eigenvalue weighted by Crippen LogP contribution is 2.22. The molecule has 0 saturated carbocycles. The van der Waals surface area contributed by atoms with Crippen LogP contribution >= 0.6 is 11.3 Å². The Bertz CT molecular complexity index is 555. The molecular weight excluding hydrogens is 285 g/mol. The fourth-order valence-corrected chi connectivity index (χ4v) is 2.85. The van der Waals surface area contributed by atoms with E-state index < -0.39 is 0 Å². The van der Waals surface area contributed by atoms with Gasteiger partial charge in [0.15, 0.2) is 0 Å². The summed E-state index contributed by atoms with van der Waals surface area (Å²) >= 11 is 1.73. The Hall–Kier alpha value is -1.46. The number of hydrogen-bond acceptors (Lipinski definition) is 4. The molecule has 5 heteroatoms. The molecule has 2 heterocycles. The molecule has 0 amide bonds. The molecule has 1 N–H and O–H groups in total. The van der Waals surface area contributed by atoms with E-state index in [1.165, 1.54) is 11.1 Å². The summed E-state index contributed by atoms with van der Waals surface area (Å²) < 4.78 is 13.5. The van der Waals surface area contributed by atoms with Crippen LogP contribution in [0.3, 0.4) is 0 Å². The third kappa shape index (κ3) is 4.51. The molecule has 0 aromatic carbocycles. The van der Waals surface area contributed by atoms with Gasteiger partial charge in [0.05, 0.1) is 12.7 Å². The van der Waals surface area contributed by atoms with Crippen molar-refractivity contribution in [3.63, 3.8) is 0 Å². The van der Waals surface area contributed by atoms with Crippen molar-refractivity contribution in [3.8, 4) is 0 Å². The van der Waals surface area contributed by atoms with Gasteiger partial charge in [0, 0.05) is 29.6 Å². The Balaban J connectivity index is 2.22. The minimum Gasteiger partial charge on any atom is -0.351 e. The zero-order chi connectivity index (χ0) is 15.2. The quantitative estimate of drug-likeness (QED) is 0.843. The maximum atomic E-state index is 13.5. The molecule has 2 aromatic heterocycles. The lowest BCUT2D eigenvalue weighted by Gasteiger charge is -2.24. The summed E-state index contributed by atoms with van der Waals surface area (Å²) in [7, 11) is 0. The second-order valence-corrected chi connectivity index (χ2v) is 6.30. The summed E-state index contributed by atoms with van der Waals surface area (Å²) in [5, 5.41) is 5.41. The predicted octanol–water partition coefficient (Wildman–Crippen LogP) is 3.81. The largest absolute Gasteiger partial charge is 0.351 e. The minimum absolute atomic E-state index is 0.286. The fourth-order valence-electron chi connectivity index (χ4n) is 2.13. The van der Waals surface area contributed by atoms with Gasteiger partial charge in [-0.15, -0.1) is 11.3 Å². The van der Waals surface area contributed by atoms with Gasteiger partial charge in [0.1, 0.15) is 11.6 Å². The molecule has 0 aliphatic rings. The van der Waals surface area contributed by atoms with E-state index >= 15 is 0 Å².